The number of Topliss-reactive ketones (excluding diaryl/α,β-unsaturated/α-hetero) is 1. The predicted octanol–water partition coefficient (Wildman–Crippen LogP) is 5.41. The van der Waals surface area contributed by atoms with E-state index in [1.54, 1.807) is 24.3 Å². The maximum absolute atomic E-state index is 14.0. The molecule has 0 atom stereocenters. The van der Waals surface area contributed by atoms with E-state index in [0.717, 1.165) is 11.6 Å². The minimum absolute atomic E-state index is 0.0660. The third kappa shape index (κ3) is 4.05. The molecular weight excluding hydrogens is 397 g/mol. The Morgan fingerprint density at radius 3 is 2.42 bits per heavy atom. The Hall–Kier alpha value is -3.93. The van der Waals surface area contributed by atoms with Crippen LogP contribution in [-0.2, 0) is 0 Å². The van der Waals surface area contributed by atoms with Crippen LogP contribution in [0.3, 0.4) is 0 Å². The second-order valence-corrected chi connectivity index (χ2v) is 7.12. The van der Waals surface area contributed by atoms with Gasteiger partial charge in [0.25, 0.3) is 0 Å². The number of furan rings is 1. The molecule has 31 heavy (non-hydrogen) atoms. The van der Waals surface area contributed by atoms with Gasteiger partial charge in [0.2, 0.25) is 5.78 Å². The number of halogens is 1. The molecule has 0 saturated heterocycles. The second-order valence-electron chi connectivity index (χ2n) is 7.12. The Kier molecular flexibility index (Phi) is 5.54. The number of rotatable bonds is 7. The topological polar surface area (TPSA) is 68.5 Å². The molecule has 0 unspecified atom stereocenters. The van der Waals surface area contributed by atoms with E-state index in [1.807, 2.05) is 31.2 Å². The highest BCUT2D eigenvalue weighted by Crippen LogP contribution is 2.32. The molecule has 0 spiro atoms. The Morgan fingerprint density at radius 1 is 1.00 bits per heavy atom. The first kappa shape index (κ1) is 20.3. The van der Waals surface area contributed by atoms with Crippen molar-refractivity contribution < 1.29 is 23.1 Å². The van der Waals surface area contributed by atoms with Crippen LogP contribution in [0.4, 0.5) is 10.1 Å². The number of carbonyl (C=O) groups excluding carboxylic acids is 2. The summed E-state index contributed by atoms with van der Waals surface area (Å²) in [5, 5.41) is 3.71. The molecule has 0 aliphatic carbocycles. The molecule has 4 aromatic rings. The van der Waals surface area contributed by atoms with Crippen molar-refractivity contribution >= 4 is 28.2 Å². The lowest BCUT2D eigenvalue weighted by Gasteiger charge is -2.08. The van der Waals surface area contributed by atoms with Crippen molar-refractivity contribution in [3.63, 3.8) is 0 Å². The number of nitrogens with one attached hydrogen (secondary N) is 1. The molecule has 0 radical (unpaired) electrons. The van der Waals surface area contributed by atoms with Gasteiger partial charge in [-0.15, -0.1) is 0 Å². The van der Waals surface area contributed by atoms with Crippen LogP contribution in [0.5, 0.6) is 5.75 Å². The standard InChI is InChI=1S/C25H20FNO4/c1-15-7-9-16(10-8-15)24(29)25-23(18-5-3-4-6-21(18)31-25)27-14-20(28)17-11-12-22(30-2)19(26)13-17/h3-13,27H,14H2,1-2H3. The van der Waals surface area contributed by atoms with Crippen molar-refractivity contribution in [1.29, 1.82) is 0 Å². The number of para-hydroxylation sites is 1. The number of aryl methyl sites for hydroxylation is 1. The summed E-state index contributed by atoms with van der Waals surface area (Å²) < 4.78 is 24.7. The molecule has 3 aromatic carbocycles. The summed E-state index contributed by atoms with van der Waals surface area (Å²) in [6.07, 6.45) is 0. The Labute approximate surface area is 178 Å². The van der Waals surface area contributed by atoms with E-state index in [-0.39, 0.29) is 35.2 Å². The van der Waals surface area contributed by atoms with E-state index < -0.39 is 5.82 Å². The molecule has 0 aliphatic rings. The van der Waals surface area contributed by atoms with Gasteiger partial charge in [0, 0.05) is 16.5 Å². The number of methoxy groups -OCH3 is 1. The Balaban J connectivity index is 1.64. The van der Waals surface area contributed by atoms with Gasteiger partial charge in [0.1, 0.15) is 5.58 Å². The van der Waals surface area contributed by atoms with Crippen LogP contribution in [0, 0.1) is 12.7 Å². The molecule has 0 fully saturated rings. The quantitative estimate of drug-likeness (QED) is 0.407. The van der Waals surface area contributed by atoms with E-state index in [0.29, 0.717) is 22.2 Å². The van der Waals surface area contributed by atoms with Crippen LogP contribution in [0.15, 0.2) is 71.1 Å². The van der Waals surface area contributed by atoms with Crippen molar-refractivity contribution in [2.24, 2.45) is 0 Å². The number of benzene rings is 3. The van der Waals surface area contributed by atoms with Gasteiger partial charge < -0.3 is 14.5 Å². The molecule has 1 heterocycles. The summed E-state index contributed by atoms with van der Waals surface area (Å²) in [6.45, 7) is 1.81. The van der Waals surface area contributed by atoms with Crippen LogP contribution in [0.1, 0.15) is 32.0 Å². The lowest BCUT2D eigenvalue weighted by atomic mass is 10.1. The fraction of sp³-hybridized carbons (Fsp3) is 0.120. The summed E-state index contributed by atoms with van der Waals surface area (Å²) in [4.78, 5) is 25.7. The Morgan fingerprint density at radius 2 is 1.71 bits per heavy atom. The third-order valence-corrected chi connectivity index (χ3v) is 5.01. The van der Waals surface area contributed by atoms with Crippen LogP contribution >= 0.6 is 0 Å². The van der Waals surface area contributed by atoms with Crippen molar-refractivity contribution in [3.8, 4) is 5.75 Å². The zero-order valence-electron chi connectivity index (χ0n) is 17.1. The molecule has 1 N–H and O–H groups in total. The number of carbonyl (C=O) groups is 2. The molecule has 156 valence electrons. The number of hydrogen-bond acceptors (Lipinski definition) is 5. The van der Waals surface area contributed by atoms with Crippen molar-refractivity contribution in [2.75, 3.05) is 19.0 Å². The first-order chi connectivity index (χ1) is 15.0. The summed E-state index contributed by atoms with van der Waals surface area (Å²) in [5.74, 6) is -1.05. The van der Waals surface area contributed by atoms with E-state index in [2.05, 4.69) is 5.32 Å². The van der Waals surface area contributed by atoms with Gasteiger partial charge >= 0.3 is 0 Å². The van der Waals surface area contributed by atoms with Crippen LogP contribution in [0.25, 0.3) is 11.0 Å². The van der Waals surface area contributed by atoms with Gasteiger partial charge in [-0.3, -0.25) is 9.59 Å². The molecule has 5 nitrogen and oxygen atoms in total. The highest BCUT2D eigenvalue weighted by molar-refractivity contribution is 6.15. The van der Waals surface area contributed by atoms with Crippen molar-refractivity contribution in [2.45, 2.75) is 6.92 Å². The van der Waals surface area contributed by atoms with E-state index in [9.17, 15) is 14.0 Å². The van der Waals surface area contributed by atoms with Gasteiger partial charge in [-0.05, 0) is 37.3 Å². The maximum Gasteiger partial charge on any atom is 0.230 e. The maximum atomic E-state index is 14.0. The first-order valence-electron chi connectivity index (χ1n) is 9.71. The average Bonchev–Trinajstić information content (AvgIpc) is 3.16. The molecule has 0 amide bonds. The fourth-order valence-corrected chi connectivity index (χ4v) is 3.33. The minimum atomic E-state index is -0.614. The van der Waals surface area contributed by atoms with Gasteiger partial charge in [0.05, 0.1) is 19.3 Å². The van der Waals surface area contributed by atoms with E-state index in [1.165, 1.54) is 19.2 Å². The zero-order chi connectivity index (χ0) is 22.0. The number of fused-ring (bicyclic) bond motifs is 1. The van der Waals surface area contributed by atoms with Gasteiger partial charge in [0.15, 0.2) is 23.1 Å². The summed E-state index contributed by atoms with van der Waals surface area (Å²) in [7, 11) is 1.36. The number of ether oxygens (including phenoxy) is 1. The van der Waals surface area contributed by atoms with Crippen LogP contribution in [-0.4, -0.2) is 25.2 Å². The largest absolute Gasteiger partial charge is 0.494 e. The molecular formula is C25H20FNO4. The Bertz CT molecular complexity index is 1270. The van der Waals surface area contributed by atoms with Gasteiger partial charge in [-0.1, -0.05) is 42.0 Å². The summed E-state index contributed by atoms with van der Waals surface area (Å²) >= 11 is 0. The molecule has 1 aromatic heterocycles. The second kappa shape index (κ2) is 8.44. The molecule has 6 heteroatoms. The van der Waals surface area contributed by atoms with Crippen molar-refractivity contribution in [1.82, 2.24) is 0 Å². The minimum Gasteiger partial charge on any atom is -0.494 e. The highest BCUT2D eigenvalue weighted by atomic mass is 19.1. The zero-order valence-corrected chi connectivity index (χ0v) is 17.1. The number of hydrogen-bond donors (Lipinski definition) is 1. The van der Waals surface area contributed by atoms with Crippen LogP contribution < -0.4 is 10.1 Å². The van der Waals surface area contributed by atoms with Crippen molar-refractivity contribution in [3.05, 3.63) is 95.0 Å². The molecule has 0 saturated carbocycles. The van der Waals surface area contributed by atoms with Crippen LogP contribution in [0.2, 0.25) is 0 Å². The number of anilines is 1. The number of ketones is 2. The van der Waals surface area contributed by atoms with E-state index in [4.69, 9.17) is 9.15 Å². The van der Waals surface area contributed by atoms with Gasteiger partial charge in [-0.25, -0.2) is 4.39 Å². The molecule has 0 bridgehead atoms. The monoisotopic (exact) mass is 417 g/mol. The van der Waals surface area contributed by atoms with Gasteiger partial charge in [-0.2, -0.15) is 0 Å². The summed E-state index contributed by atoms with van der Waals surface area (Å²) in [6, 6.07) is 18.4. The average molecular weight is 417 g/mol. The lowest BCUT2D eigenvalue weighted by molar-refractivity contribution is 0.0997. The molecule has 0 aliphatic heterocycles. The van der Waals surface area contributed by atoms with E-state index >= 15 is 0 Å². The molecule has 4 rings (SSSR count). The normalized spacial score (nSPS) is 10.8. The smallest absolute Gasteiger partial charge is 0.230 e. The lowest BCUT2D eigenvalue weighted by Crippen LogP contribution is -2.16. The fourth-order valence-electron chi connectivity index (χ4n) is 3.33. The highest BCUT2D eigenvalue weighted by Gasteiger charge is 2.22. The predicted molar refractivity (Wildman–Crippen MR) is 117 cm³/mol. The SMILES string of the molecule is COc1ccc(C(=O)CNc2c(C(=O)c3ccc(C)cc3)oc3ccccc23)cc1F. The third-order valence-electron chi connectivity index (χ3n) is 5.01. The summed E-state index contributed by atoms with van der Waals surface area (Å²) in [5.41, 5.74) is 2.69. The first-order valence-corrected chi connectivity index (χ1v) is 9.71.